The number of anilines is 1. The Kier molecular flexibility index (Phi) is 4.95. The summed E-state index contributed by atoms with van der Waals surface area (Å²) >= 11 is 0. The summed E-state index contributed by atoms with van der Waals surface area (Å²) in [4.78, 5) is 12.1. The zero-order valence-corrected chi connectivity index (χ0v) is 11.9. The molecule has 0 bridgehead atoms. The largest absolute Gasteiger partial charge is 0.491 e. The van der Waals surface area contributed by atoms with Crippen molar-refractivity contribution in [3.05, 3.63) is 24.0 Å². The monoisotopic (exact) mass is 280 g/mol. The summed E-state index contributed by atoms with van der Waals surface area (Å²) < 4.78 is 18.8. The van der Waals surface area contributed by atoms with Gasteiger partial charge in [-0.2, -0.15) is 0 Å². The van der Waals surface area contributed by atoms with Crippen molar-refractivity contribution in [2.75, 3.05) is 18.5 Å². The van der Waals surface area contributed by atoms with Crippen LogP contribution in [-0.4, -0.2) is 25.1 Å². The highest BCUT2D eigenvalue weighted by atomic mass is 19.1. The fraction of sp³-hybridized carbons (Fsp3) is 0.533. The van der Waals surface area contributed by atoms with E-state index in [1.165, 1.54) is 12.1 Å². The van der Waals surface area contributed by atoms with Crippen molar-refractivity contribution >= 4 is 11.6 Å². The molecule has 0 saturated carbocycles. The average molecular weight is 280 g/mol. The molecule has 2 unspecified atom stereocenters. The molecule has 0 spiro atoms. The molecule has 2 rings (SSSR count). The fourth-order valence-corrected chi connectivity index (χ4v) is 2.32. The molecule has 1 aromatic rings. The molecule has 1 fully saturated rings. The van der Waals surface area contributed by atoms with E-state index >= 15 is 0 Å². The molecule has 0 aliphatic carbocycles. The number of halogens is 1. The summed E-state index contributed by atoms with van der Waals surface area (Å²) in [7, 11) is 0. The maximum absolute atomic E-state index is 13.7. The van der Waals surface area contributed by atoms with Gasteiger partial charge in [0.25, 0.3) is 0 Å². The van der Waals surface area contributed by atoms with Crippen LogP contribution >= 0.6 is 0 Å². The van der Waals surface area contributed by atoms with Gasteiger partial charge in [0.05, 0.1) is 12.5 Å². The first-order valence-electron chi connectivity index (χ1n) is 7.06. The second-order valence-corrected chi connectivity index (χ2v) is 5.15. The Hall–Kier alpha value is -1.62. The van der Waals surface area contributed by atoms with Crippen LogP contribution < -0.4 is 15.4 Å². The Balaban J connectivity index is 1.95. The molecule has 0 radical (unpaired) electrons. The first-order valence-corrected chi connectivity index (χ1v) is 7.06. The van der Waals surface area contributed by atoms with Crippen molar-refractivity contribution in [2.24, 2.45) is 5.92 Å². The van der Waals surface area contributed by atoms with Crippen LogP contribution in [0.25, 0.3) is 0 Å². The molecule has 1 heterocycles. The predicted molar refractivity (Wildman–Crippen MR) is 76.4 cm³/mol. The van der Waals surface area contributed by atoms with Gasteiger partial charge < -0.3 is 15.4 Å². The Morgan fingerprint density at radius 2 is 2.30 bits per heavy atom. The lowest BCUT2D eigenvalue weighted by atomic mass is 9.95. The molecule has 20 heavy (non-hydrogen) atoms. The highest BCUT2D eigenvalue weighted by Gasteiger charge is 2.24. The zero-order valence-electron chi connectivity index (χ0n) is 11.9. The van der Waals surface area contributed by atoms with Crippen molar-refractivity contribution in [3.63, 3.8) is 0 Å². The molecule has 1 aliphatic rings. The van der Waals surface area contributed by atoms with E-state index in [9.17, 15) is 9.18 Å². The molecule has 110 valence electrons. The number of carbonyl (C=O) groups is 1. The van der Waals surface area contributed by atoms with Gasteiger partial charge in [-0.1, -0.05) is 0 Å². The third kappa shape index (κ3) is 3.70. The maximum atomic E-state index is 13.7. The molecular formula is C15H21FN2O2. The minimum atomic E-state index is -0.458. The van der Waals surface area contributed by atoms with Gasteiger partial charge in [-0.25, -0.2) is 4.39 Å². The Morgan fingerprint density at radius 3 is 2.90 bits per heavy atom. The molecule has 1 saturated heterocycles. The van der Waals surface area contributed by atoms with E-state index < -0.39 is 5.82 Å². The van der Waals surface area contributed by atoms with Crippen molar-refractivity contribution in [2.45, 2.75) is 32.7 Å². The molecule has 0 aromatic heterocycles. The number of piperidine rings is 1. The van der Waals surface area contributed by atoms with Crippen LogP contribution in [0.4, 0.5) is 10.1 Å². The SMILES string of the molecule is CCOc1ccc(NC(=O)C2CCC(C)NC2)cc1F. The number of hydrogen-bond donors (Lipinski definition) is 2. The number of carbonyl (C=O) groups excluding carboxylic acids is 1. The lowest BCUT2D eigenvalue weighted by Gasteiger charge is -2.26. The first kappa shape index (κ1) is 14.8. The molecule has 1 aromatic carbocycles. The van der Waals surface area contributed by atoms with Gasteiger partial charge in [-0.05, 0) is 38.8 Å². The van der Waals surface area contributed by atoms with Crippen LogP contribution in [0.3, 0.4) is 0 Å². The van der Waals surface area contributed by atoms with Crippen LogP contribution in [-0.2, 0) is 4.79 Å². The zero-order chi connectivity index (χ0) is 14.5. The van der Waals surface area contributed by atoms with Gasteiger partial charge in [0.1, 0.15) is 0 Å². The van der Waals surface area contributed by atoms with Crippen LogP contribution in [0.5, 0.6) is 5.75 Å². The number of ether oxygens (including phenoxy) is 1. The normalized spacial score (nSPS) is 22.4. The summed E-state index contributed by atoms with van der Waals surface area (Å²) in [5, 5.41) is 6.04. The molecule has 1 aliphatic heterocycles. The van der Waals surface area contributed by atoms with Crippen LogP contribution in [0.1, 0.15) is 26.7 Å². The third-order valence-corrected chi connectivity index (χ3v) is 3.53. The van der Waals surface area contributed by atoms with E-state index in [4.69, 9.17) is 4.74 Å². The quantitative estimate of drug-likeness (QED) is 0.891. The number of nitrogens with one attached hydrogen (secondary N) is 2. The average Bonchev–Trinajstić information content (AvgIpc) is 2.42. The summed E-state index contributed by atoms with van der Waals surface area (Å²) in [5.74, 6) is -0.368. The van der Waals surface area contributed by atoms with E-state index in [2.05, 4.69) is 17.6 Å². The van der Waals surface area contributed by atoms with Gasteiger partial charge in [0, 0.05) is 24.3 Å². The van der Waals surface area contributed by atoms with E-state index in [0.717, 1.165) is 12.8 Å². The lowest BCUT2D eigenvalue weighted by molar-refractivity contribution is -0.120. The van der Waals surface area contributed by atoms with Gasteiger partial charge >= 0.3 is 0 Å². The second-order valence-electron chi connectivity index (χ2n) is 5.15. The van der Waals surface area contributed by atoms with Crippen LogP contribution in [0, 0.1) is 11.7 Å². The maximum Gasteiger partial charge on any atom is 0.228 e. The molecule has 1 amide bonds. The van der Waals surface area contributed by atoms with Crippen molar-refractivity contribution in [1.82, 2.24) is 5.32 Å². The molecule has 2 N–H and O–H groups in total. The van der Waals surface area contributed by atoms with Gasteiger partial charge in [0.15, 0.2) is 11.6 Å². The topological polar surface area (TPSA) is 50.4 Å². The molecule has 5 heteroatoms. The van der Waals surface area contributed by atoms with Crippen LogP contribution in [0.2, 0.25) is 0 Å². The van der Waals surface area contributed by atoms with Gasteiger partial charge in [0.2, 0.25) is 5.91 Å². The van der Waals surface area contributed by atoms with Gasteiger partial charge in [-0.15, -0.1) is 0 Å². The van der Waals surface area contributed by atoms with Crippen LogP contribution in [0.15, 0.2) is 18.2 Å². The van der Waals surface area contributed by atoms with E-state index in [1.54, 1.807) is 13.0 Å². The highest BCUT2D eigenvalue weighted by Crippen LogP contribution is 2.22. The van der Waals surface area contributed by atoms with Gasteiger partial charge in [-0.3, -0.25) is 4.79 Å². The Labute approximate surface area is 118 Å². The van der Waals surface area contributed by atoms with E-state index in [-0.39, 0.29) is 17.6 Å². The second kappa shape index (κ2) is 6.70. The summed E-state index contributed by atoms with van der Waals surface area (Å²) in [6.07, 6.45) is 1.84. The minimum absolute atomic E-state index is 0.0548. The summed E-state index contributed by atoms with van der Waals surface area (Å²) in [6.45, 7) is 4.99. The molecule has 2 atom stereocenters. The number of rotatable bonds is 4. The number of benzene rings is 1. The third-order valence-electron chi connectivity index (χ3n) is 3.53. The van der Waals surface area contributed by atoms with E-state index in [0.29, 0.717) is 24.9 Å². The fourth-order valence-electron chi connectivity index (χ4n) is 2.32. The van der Waals surface area contributed by atoms with Crippen molar-refractivity contribution in [1.29, 1.82) is 0 Å². The van der Waals surface area contributed by atoms with Crippen molar-refractivity contribution in [3.8, 4) is 5.75 Å². The lowest BCUT2D eigenvalue weighted by Crippen LogP contribution is -2.41. The first-order chi connectivity index (χ1) is 9.60. The summed E-state index contributed by atoms with van der Waals surface area (Å²) in [5.41, 5.74) is 0.467. The molecule has 4 nitrogen and oxygen atoms in total. The molecular weight excluding hydrogens is 259 g/mol. The highest BCUT2D eigenvalue weighted by molar-refractivity contribution is 5.92. The predicted octanol–water partition coefficient (Wildman–Crippen LogP) is 2.55. The Morgan fingerprint density at radius 1 is 1.50 bits per heavy atom. The minimum Gasteiger partial charge on any atom is -0.491 e. The summed E-state index contributed by atoms with van der Waals surface area (Å²) in [6, 6.07) is 4.95. The standard InChI is InChI=1S/C15H21FN2O2/c1-3-20-14-7-6-12(8-13(14)16)18-15(19)11-5-4-10(2)17-9-11/h6-8,10-11,17H,3-5,9H2,1-2H3,(H,18,19). The number of amides is 1. The Bertz CT molecular complexity index is 471. The van der Waals surface area contributed by atoms with E-state index in [1.807, 2.05) is 0 Å². The number of hydrogen-bond acceptors (Lipinski definition) is 3. The smallest absolute Gasteiger partial charge is 0.228 e. The van der Waals surface area contributed by atoms with Crippen molar-refractivity contribution < 1.29 is 13.9 Å².